The minimum absolute atomic E-state index is 0.327. The van der Waals surface area contributed by atoms with Crippen LogP contribution in [0.5, 0.6) is 0 Å². The lowest BCUT2D eigenvalue weighted by Gasteiger charge is -2.28. The summed E-state index contributed by atoms with van der Waals surface area (Å²) < 4.78 is 14.8. The number of hydrogen-bond donors (Lipinski definition) is 2. The van der Waals surface area contributed by atoms with E-state index in [4.69, 9.17) is 0 Å². The third kappa shape index (κ3) is 4.00. The second kappa shape index (κ2) is 9.10. The Morgan fingerprint density at radius 2 is 1.53 bits per heavy atom. The Hall–Kier alpha value is -4.79. The van der Waals surface area contributed by atoms with E-state index in [1.54, 1.807) is 61.5 Å². The van der Waals surface area contributed by atoms with Crippen molar-refractivity contribution in [1.82, 2.24) is 20.0 Å². The Morgan fingerprint density at radius 1 is 0.944 bits per heavy atom. The minimum atomic E-state index is -1.45. The van der Waals surface area contributed by atoms with Crippen LogP contribution in [0.2, 0.25) is 0 Å². The summed E-state index contributed by atoms with van der Waals surface area (Å²) in [6.07, 6.45) is 0. The first-order valence-corrected chi connectivity index (χ1v) is 11.3. The van der Waals surface area contributed by atoms with E-state index in [-0.39, 0.29) is 0 Å². The normalized spacial score (nSPS) is 14.6. The fourth-order valence-corrected chi connectivity index (χ4v) is 4.35. The Morgan fingerprint density at radius 3 is 2.11 bits per heavy atom. The largest absolute Gasteiger partial charge is 0.326 e. The molecule has 1 saturated heterocycles. The molecule has 5 rings (SSSR count). The quantitative estimate of drug-likeness (QED) is 0.408. The number of urea groups is 1. The van der Waals surface area contributed by atoms with Crippen LogP contribution in [0.25, 0.3) is 5.69 Å². The van der Waals surface area contributed by atoms with E-state index >= 15 is 0 Å². The first kappa shape index (κ1) is 23.0. The molecule has 0 aliphatic carbocycles. The number of aromatic nitrogens is 2. The maximum absolute atomic E-state index is 13.8. The van der Waals surface area contributed by atoms with Crippen molar-refractivity contribution >= 4 is 23.7 Å². The van der Waals surface area contributed by atoms with E-state index in [0.717, 1.165) is 4.90 Å². The lowest BCUT2D eigenvalue weighted by atomic mass is 9.82. The summed E-state index contributed by atoms with van der Waals surface area (Å²) in [6.45, 7) is 1.25. The smallest absolute Gasteiger partial charge is 0.315 e. The molecule has 0 unspecified atom stereocenters. The molecule has 0 atom stereocenters. The van der Waals surface area contributed by atoms with Gasteiger partial charge in [0.15, 0.2) is 5.54 Å². The highest BCUT2D eigenvalue weighted by atomic mass is 19.1. The zero-order valence-corrected chi connectivity index (χ0v) is 19.3. The molecule has 4 aromatic rings. The third-order valence-electron chi connectivity index (χ3n) is 5.99. The molecule has 1 aliphatic heterocycles. The molecule has 2 N–H and O–H groups in total. The van der Waals surface area contributed by atoms with Crippen LogP contribution in [0.1, 0.15) is 16.8 Å². The van der Waals surface area contributed by atoms with Crippen LogP contribution in [0.4, 0.5) is 15.0 Å². The van der Waals surface area contributed by atoms with Crippen LogP contribution in [0.3, 0.4) is 0 Å². The number of benzene rings is 3. The van der Waals surface area contributed by atoms with E-state index in [9.17, 15) is 18.8 Å². The number of imide groups is 1. The monoisotopic (exact) mass is 483 g/mol. The molecule has 9 heteroatoms. The molecule has 1 aliphatic rings. The van der Waals surface area contributed by atoms with Crippen molar-refractivity contribution in [1.29, 1.82) is 0 Å². The number of nitrogens with zero attached hydrogens (tertiary/aromatic N) is 3. The number of nitrogens with one attached hydrogen (secondary N) is 2. The second-order valence-corrected chi connectivity index (χ2v) is 8.41. The molecule has 8 nitrogen and oxygen atoms in total. The van der Waals surface area contributed by atoms with E-state index in [2.05, 4.69) is 15.7 Å². The summed E-state index contributed by atoms with van der Waals surface area (Å²) >= 11 is 0. The van der Waals surface area contributed by atoms with Gasteiger partial charge in [0.05, 0.1) is 11.4 Å². The van der Waals surface area contributed by atoms with Crippen LogP contribution in [0.15, 0.2) is 91.0 Å². The lowest BCUT2D eigenvalue weighted by molar-refractivity contribution is -0.133. The Bertz CT molecular complexity index is 1400. The molecule has 0 bridgehead atoms. The van der Waals surface area contributed by atoms with Crippen molar-refractivity contribution in [3.05, 3.63) is 114 Å². The van der Waals surface area contributed by atoms with Crippen molar-refractivity contribution in [3.63, 3.8) is 0 Å². The molecule has 4 amide bonds. The molecule has 36 heavy (non-hydrogen) atoms. The van der Waals surface area contributed by atoms with Gasteiger partial charge in [-0.05, 0) is 42.3 Å². The van der Waals surface area contributed by atoms with Gasteiger partial charge in [0.25, 0.3) is 5.91 Å². The SMILES string of the molecule is Cc1cc(NC(=O)CN2C(=O)NC(c3ccccc3)(c3ccccc3)C2=O)n(-c2ccc(F)cc2)n1. The molecular formula is C27H22FN5O3. The number of amides is 4. The number of hydrogen-bond acceptors (Lipinski definition) is 4. The summed E-state index contributed by atoms with van der Waals surface area (Å²) in [7, 11) is 0. The number of carbonyl (C=O) groups is 3. The maximum Gasteiger partial charge on any atom is 0.326 e. The molecule has 0 spiro atoms. The number of halogens is 1. The number of anilines is 1. The summed E-state index contributed by atoms with van der Waals surface area (Å²) in [5.41, 5.74) is 0.885. The number of rotatable bonds is 6. The maximum atomic E-state index is 13.8. The van der Waals surface area contributed by atoms with Crippen molar-refractivity contribution in [2.24, 2.45) is 0 Å². The van der Waals surface area contributed by atoms with Crippen LogP contribution < -0.4 is 10.6 Å². The highest BCUT2D eigenvalue weighted by molar-refractivity contribution is 6.12. The molecule has 3 aromatic carbocycles. The Kier molecular flexibility index (Phi) is 5.81. The highest BCUT2D eigenvalue weighted by Gasteiger charge is 2.54. The van der Waals surface area contributed by atoms with Gasteiger partial charge >= 0.3 is 6.03 Å². The van der Waals surface area contributed by atoms with E-state index in [1.165, 1.54) is 28.9 Å². The van der Waals surface area contributed by atoms with Gasteiger partial charge in [-0.2, -0.15) is 5.10 Å². The zero-order chi connectivity index (χ0) is 25.3. The van der Waals surface area contributed by atoms with Gasteiger partial charge in [-0.3, -0.25) is 14.5 Å². The highest BCUT2D eigenvalue weighted by Crippen LogP contribution is 2.36. The average Bonchev–Trinajstić information content (AvgIpc) is 3.37. The zero-order valence-electron chi connectivity index (χ0n) is 19.3. The third-order valence-corrected chi connectivity index (χ3v) is 5.99. The fourth-order valence-electron chi connectivity index (χ4n) is 4.35. The predicted molar refractivity (Wildman–Crippen MR) is 131 cm³/mol. The first-order valence-electron chi connectivity index (χ1n) is 11.3. The van der Waals surface area contributed by atoms with Gasteiger partial charge < -0.3 is 10.6 Å². The Balaban J connectivity index is 1.42. The van der Waals surface area contributed by atoms with Gasteiger partial charge in [0, 0.05) is 6.07 Å². The molecule has 180 valence electrons. The van der Waals surface area contributed by atoms with Crippen LogP contribution >= 0.6 is 0 Å². The van der Waals surface area contributed by atoms with Crippen molar-refractivity contribution in [3.8, 4) is 5.69 Å². The fraction of sp³-hybridized carbons (Fsp3) is 0.111. The van der Waals surface area contributed by atoms with E-state index < -0.39 is 35.7 Å². The van der Waals surface area contributed by atoms with Gasteiger partial charge in [-0.15, -0.1) is 0 Å². The van der Waals surface area contributed by atoms with Gasteiger partial charge in [0.2, 0.25) is 5.91 Å². The van der Waals surface area contributed by atoms with Crippen molar-refractivity contribution in [2.45, 2.75) is 12.5 Å². The number of aryl methyl sites for hydroxylation is 1. The standard InChI is InChI=1S/C27H22FN5O3/c1-18-16-23(33(31-18)22-14-12-21(28)13-15-22)29-24(34)17-32-25(35)27(30-26(32)36,19-8-4-2-5-9-19)20-10-6-3-7-11-20/h2-16H,17H2,1H3,(H,29,34)(H,30,36). The van der Waals surface area contributed by atoms with Gasteiger partial charge in [-0.25, -0.2) is 13.9 Å². The van der Waals surface area contributed by atoms with Crippen molar-refractivity contribution < 1.29 is 18.8 Å². The topological polar surface area (TPSA) is 96.3 Å². The number of carbonyl (C=O) groups excluding carboxylic acids is 3. The van der Waals surface area contributed by atoms with Gasteiger partial charge in [0.1, 0.15) is 18.2 Å². The lowest BCUT2D eigenvalue weighted by Crippen LogP contribution is -2.45. The summed E-state index contributed by atoms with van der Waals surface area (Å²) in [6, 6.07) is 24.4. The van der Waals surface area contributed by atoms with E-state index in [0.29, 0.717) is 28.3 Å². The second-order valence-electron chi connectivity index (χ2n) is 8.41. The minimum Gasteiger partial charge on any atom is -0.315 e. The first-order chi connectivity index (χ1) is 17.4. The van der Waals surface area contributed by atoms with E-state index in [1.807, 2.05) is 12.1 Å². The van der Waals surface area contributed by atoms with Crippen LogP contribution in [-0.2, 0) is 15.1 Å². The van der Waals surface area contributed by atoms with Crippen LogP contribution in [-0.4, -0.2) is 39.1 Å². The van der Waals surface area contributed by atoms with Crippen LogP contribution in [0, 0.1) is 12.7 Å². The van der Waals surface area contributed by atoms with Crippen molar-refractivity contribution in [2.75, 3.05) is 11.9 Å². The van der Waals surface area contributed by atoms with Gasteiger partial charge in [-0.1, -0.05) is 60.7 Å². The molecule has 0 radical (unpaired) electrons. The summed E-state index contributed by atoms with van der Waals surface area (Å²) in [5, 5.41) is 9.88. The summed E-state index contributed by atoms with van der Waals surface area (Å²) in [5.74, 6) is -1.21. The molecule has 2 heterocycles. The molecule has 0 saturated carbocycles. The molecular weight excluding hydrogens is 461 g/mol. The summed E-state index contributed by atoms with van der Waals surface area (Å²) in [4.78, 5) is 40.7. The molecule has 1 aromatic heterocycles. The average molecular weight is 484 g/mol. The Labute approximate surface area is 206 Å². The molecule has 1 fully saturated rings. The predicted octanol–water partition coefficient (Wildman–Crippen LogP) is 3.75.